The molecule has 0 unspecified atom stereocenters. The molecule has 0 saturated carbocycles. The minimum absolute atomic E-state index is 0.878. The summed E-state index contributed by atoms with van der Waals surface area (Å²) >= 11 is 0. The Hall–Kier alpha value is -0.980. The van der Waals surface area contributed by atoms with Crippen molar-refractivity contribution in [2.24, 2.45) is 0 Å². The molecule has 0 saturated heterocycles. The minimum atomic E-state index is 0.878. The number of hydrogen-bond acceptors (Lipinski definition) is 1. The van der Waals surface area contributed by atoms with Crippen LogP contribution in [0.1, 0.15) is 26.7 Å². The lowest BCUT2D eigenvalue weighted by molar-refractivity contribution is 0.257. The summed E-state index contributed by atoms with van der Waals surface area (Å²) in [5.74, 6) is 1.10. The molecule has 0 aromatic carbocycles. The van der Waals surface area contributed by atoms with Gasteiger partial charge in [0.15, 0.2) is 0 Å². The van der Waals surface area contributed by atoms with Gasteiger partial charge in [0.1, 0.15) is 5.76 Å². The fourth-order valence-corrected chi connectivity index (χ4v) is 1.31. The largest absolute Gasteiger partial charge is 0.493 e. The lowest BCUT2D eigenvalue weighted by Crippen LogP contribution is -1.78. The standard InChI is InChI=1S/C9H10O.C2H6/c1-2-4-8-6-7-10-9(8)5-3-1;1-2/h1-3,5H,4,6-7H2;1-2H3. The summed E-state index contributed by atoms with van der Waals surface area (Å²) in [5.41, 5.74) is 1.45. The third kappa shape index (κ3) is 2.00. The van der Waals surface area contributed by atoms with Gasteiger partial charge in [0, 0.05) is 6.42 Å². The van der Waals surface area contributed by atoms with Crippen molar-refractivity contribution in [1.29, 1.82) is 0 Å². The Morgan fingerprint density at radius 2 is 2.08 bits per heavy atom. The molecule has 2 rings (SSSR count). The third-order valence-electron chi connectivity index (χ3n) is 1.87. The smallest absolute Gasteiger partial charge is 0.118 e. The van der Waals surface area contributed by atoms with Crippen LogP contribution in [0.15, 0.2) is 35.6 Å². The Morgan fingerprint density at radius 1 is 1.25 bits per heavy atom. The molecule has 1 heterocycles. The van der Waals surface area contributed by atoms with Crippen molar-refractivity contribution in [3.8, 4) is 0 Å². The highest BCUT2D eigenvalue weighted by molar-refractivity contribution is 5.30. The molecule has 1 nitrogen and oxygen atoms in total. The molecule has 0 atom stereocenters. The molecule has 0 aromatic rings. The first-order chi connectivity index (χ1) is 5.97. The van der Waals surface area contributed by atoms with E-state index >= 15 is 0 Å². The molecule has 1 aliphatic carbocycles. The van der Waals surface area contributed by atoms with E-state index in [0.29, 0.717) is 0 Å². The van der Waals surface area contributed by atoms with Gasteiger partial charge in [-0.25, -0.2) is 0 Å². The first-order valence-corrected chi connectivity index (χ1v) is 4.65. The predicted octanol–water partition coefficient (Wildman–Crippen LogP) is 3.20. The van der Waals surface area contributed by atoms with Crippen LogP contribution in [0.25, 0.3) is 0 Å². The zero-order chi connectivity index (χ0) is 8.81. The van der Waals surface area contributed by atoms with Crippen molar-refractivity contribution in [3.63, 3.8) is 0 Å². The van der Waals surface area contributed by atoms with Crippen molar-refractivity contribution >= 4 is 0 Å². The maximum Gasteiger partial charge on any atom is 0.118 e. The zero-order valence-corrected chi connectivity index (χ0v) is 7.84. The van der Waals surface area contributed by atoms with Crippen molar-refractivity contribution in [3.05, 3.63) is 35.6 Å². The van der Waals surface area contributed by atoms with E-state index in [-0.39, 0.29) is 0 Å². The van der Waals surface area contributed by atoms with E-state index in [1.165, 1.54) is 5.57 Å². The molecule has 1 aliphatic heterocycles. The van der Waals surface area contributed by atoms with Crippen LogP contribution in [0.4, 0.5) is 0 Å². The number of hydrogen-bond donors (Lipinski definition) is 0. The maximum absolute atomic E-state index is 5.39. The van der Waals surface area contributed by atoms with E-state index in [2.05, 4.69) is 12.2 Å². The van der Waals surface area contributed by atoms with Crippen molar-refractivity contribution in [2.45, 2.75) is 26.7 Å². The number of rotatable bonds is 0. The second-order valence-corrected chi connectivity index (χ2v) is 2.56. The van der Waals surface area contributed by atoms with Gasteiger partial charge >= 0.3 is 0 Å². The minimum Gasteiger partial charge on any atom is -0.493 e. The van der Waals surface area contributed by atoms with Gasteiger partial charge in [0.25, 0.3) is 0 Å². The monoisotopic (exact) mass is 164 g/mol. The second-order valence-electron chi connectivity index (χ2n) is 2.56. The lowest BCUT2D eigenvalue weighted by atomic mass is 10.1. The highest BCUT2D eigenvalue weighted by Gasteiger charge is 2.12. The molecule has 0 radical (unpaired) electrons. The molecular weight excluding hydrogens is 148 g/mol. The fourth-order valence-electron chi connectivity index (χ4n) is 1.31. The molecule has 2 aliphatic rings. The summed E-state index contributed by atoms with van der Waals surface area (Å²) < 4.78 is 5.39. The summed E-state index contributed by atoms with van der Waals surface area (Å²) in [6.07, 6.45) is 10.5. The van der Waals surface area contributed by atoms with Crippen LogP contribution in [0, 0.1) is 0 Å². The SMILES string of the molecule is C1=CCC2=C(C=C1)OCC2.CC. The zero-order valence-electron chi connectivity index (χ0n) is 7.84. The second kappa shape index (κ2) is 4.81. The quantitative estimate of drug-likeness (QED) is 0.534. The van der Waals surface area contributed by atoms with E-state index in [0.717, 1.165) is 25.2 Å². The molecule has 0 fully saturated rings. The fraction of sp³-hybridized carbons (Fsp3) is 0.455. The maximum atomic E-state index is 5.39. The van der Waals surface area contributed by atoms with Crippen LogP contribution in [0.3, 0.4) is 0 Å². The van der Waals surface area contributed by atoms with E-state index in [9.17, 15) is 0 Å². The van der Waals surface area contributed by atoms with Gasteiger partial charge in [-0.3, -0.25) is 0 Å². The molecule has 1 heteroatoms. The molecule has 0 bridgehead atoms. The van der Waals surface area contributed by atoms with Crippen LogP contribution >= 0.6 is 0 Å². The Morgan fingerprint density at radius 3 is 2.92 bits per heavy atom. The molecule has 0 N–H and O–H groups in total. The van der Waals surface area contributed by atoms with Gasteiger partial charge in [-0.2, -0.15) is 0 Å². The van der Waals surface area contributed by atoms with Gasteiger partial charge in [-0.05, 0) is 18.1 Å². The van der Waals surface area contributed by atoms with Gasteiger partial charge < -0.3 is 4.74 Å². The Bertz CT molecular complexity index is 221. The van der Waals surface area contributed by atoms with Gasteiger partial charge in [0.2, 0.25) is 0 Å². The number of allylic oxidation sites excluding steroid dienone is 4. The average molecular weight is 164 g/mol. The highest BCUT2D eigenvalue weighted by Crippen LogP contribution is 2.24. The van der Waals surface area contributed by atoms with E-state index in [1.807, 2.05) is 26.0 Å². The van der Waals surface area contributed by atoms with Gasteiger partial charge in [-0.1, -0.05) is 32.1 Å². The first-order valence-electron chi connectivity index (χ1n) is 4.65. The highest BCUT2D eigenvalue weighted by atomic mass is 16.5. The summed E-state index contributed by atoms with van der Waals surface area (Å²) in [4.78, 5) is 0. The summed E-state index contributed by atoms with van der Waals surface area (Å²) in [5, 5.41) is 0. The lowest BCUT2D eigenvalue weighted by Gasteiger charge is -1.95. The first kappa shape index (κ1) is 9.11. The molecule has 66 valence electrons. The van der Waals surface area contributed by atoms with Crippen LogP contribution in [0.2, 0.25) is 0 Å². The van der Waals surface area contributed by atoms with Crippen LogP contribution in [-0.2, 0) is 4.74 Å². The summed E-state index contributed by atoms with van der Waals surface area (Å²) in [6.45, 7) is 4.88. The predicted molar refractivity (Wildman–Crippen MR) is 51.8 cm³/mol. The van der Waals surface area contributed by atoms with E-state index in [4.69, 9.17) is 4.74 Å². The van der Waals surface area contributed by atoms with Gasteiger partial charge in [-0.15, -0.1) is 0 Å². The molecule has 0 amide bonds. The molecular formula is C11H16O. The van der Waals surface area contributed by atoms with Crippen LogP contribution in [-0.4, -0.2) is 6.61 Å². The Kier molecular flexibility index (Phi) is 3.65. The molecule has 0 aromatic heterocycles. The van der Waals surface area contributed by atoms with Gasteiger partial charge in [0.05, 0.1) is 6.61 Å². The summed E-state index contributed by atoms with van der Waals surface area (Å²) in [7, 11) is 0. The van der Waals surface area contributed by atoms with Crippen molar-refractivity contribution in [1.82, 2.24) is 0 Å². The molecule has 0 spiro atoms. The van der Waals surface area contributed by atoms with Crippen molar-refractivity contribution < 1.29 is 4.74 Å². The Labute approximate surface area is 74.4 Å². The van der Waals surface area contributed by atoms with E-state index < -0.39 is 0 Å². The normalized spacial score (nSPS) is 19.2. The molecule has 12 heavy (non-hydrogen) atoms. The van der Waals surface area contributed by atoms with E-state index in [1.54, 1.807) is 0 Å². The van der Waals surface area contributed by atoms with Crippen LogP contribution < -0.4 is 0 Å². The Balaban J connectivity index is 0.000000336. The summed E-state index contributed by atoms with van der Waals surface area (Å²) in [6, 6.07) is 0. The topological polar surface area (TPSA) is 9.23 Å². The van der Waals surface area contributed by atoms with Crippen molar-refractivity contribution in [2.75, 3.05) is 6.61 Å². The third-order valence-corrected chi connectivity index (χ3v) is 1.87. The number of ether oxygens (including phenoxy) is 1. The average Bonchev–Trinajstić information content (AvgIpc) is 2.46. The van der Waals surface area contributed by atoms with Crippen LogP contribution in [0.5, 0.6) is 0 Å².